The maximum atomic E-state index is 14.6. The molecule has 1 aliphatic heterocycles. The summed E-state index contributed by atoms with van der Waals surface area (Å²) < 4.78 is 32.7. The predicted molar refractivity (Wildman–Crippen MR) is 129 cm³/mol. The van der Waals surface area contributed by atoms with Crippen molar-refractivity contribution in [3.63, 3.8) is 0 Å². The SMILES string of the molecule is CC1(C)[C@H]2C[I-]C[C@]1(c1cccc(-c3cnn(CC(N)=O)c3)n1)c1nnc(-c3c(F)cccc3F)cc12. The van der Waals surface area contributed by atoms with E-state index >= 15 is 0 Å². The molecule has 1 saturated heterocycles. The van der Waals surface area contributed by atoms with Crippen molar-refractivity contribution in [2.45, 2.75) is 31.7 Å². The van der Waals surface area contributed by atoms with Crippen LogP contribution in [0.25, 0.3) is 22.5 Å². The molecular weight excluding hydrogens is 589 g/mol. The van der Waals surface area contributed by atoms with E-state index in [0.29, 0.717) is 0 Å². The number of fused-ring (bicyclic) bond motifs is 5. The second-order valence-electron chi connectivity index (χ2n) is 10.1. The fourth-order valence-electron chi connectivity index (χ4n) is 5.77. The molecular formula is C27H24F2IN6O-. The summed E-state index contributed by atoms with van der Waals surface area (Å²) in [4.78, 5) is 16.4. The Hall–Kier alpha value is -3.28. The van der Waals surface area contributed by atoms with Crippen LogP contribution in [0.1, 0.15) is 36.7 Å². The molecule has 37 heavy (non-hydrogen) atoms. The quantitative estimate of drug-likeness (QED) is 0.264. The van der Waals surface area contributed by atoms with Crippen LogP contribution in [0.15, 0.2) is 54.9 Å². The van der Waals surface area contributed by atoms with E-state index in [4.69, 9.17) is 10.7 Å². The van der Waals surface area contributed by atoms with Crippen molar-refractivity contribution in [3.05, 3.63) is 83.4 Å². The number of nitrogens with zero attached hydrogens (tertiary/aromatic N) is 5. The van der Waals surface area contributed by atoms with Crippen LogP contribution in [0.5, 0.6) is 0 Å². The number of primary amides is 1. The summed E-state index contributed by atoms with van der Waals surface area (Å²) in [7, 11) is 0. The normalized spacial score (nSPS) is 21.8. The number of nitrogens with two attached hydrogens (primary N) is 1. The van der Waals surface area contributed by atoms with Gasteiger partial charge in [0.1, 0.15) is 0 Å². The van der Waals surface area contributed by atoms with E-state index in [1.165, 1.54) is 22.9 Å². The van der Waals surface area contributed by atoms with Gasteiger partial charge in [-0.2, -0.15) is 0 Å². The number of carbonyl (C=O) groups is 1. The van der Waals surface area contributed by atoms with Gasteiger partial charge in [-0.25, -0.2) is 0 Å². The summed E-state index contributed by atoms with van der Waals surface area (Å²) in [5.74, 6) is -1.58. The molecule has 2 bridgehead atoms. The number of amides is 1. The molecule has 0 saturated carbocycles. The van der Waals surface area contributed by atoms with Gasteiger partial charge in [-0.1, -0.05) is 0 Å². The molecule has 2 N–H and O–H groups in total. The van der Waals surface area contributed by atoms with Crippen molar-refractivity contribution in [2.75, 3.05) is 8.86 Å². The fourth-order valence-corrected chi connectivity index (χ4v) is 10.8. The van der Waals surface area contributed by atoms with Gasteiger partial charge in [0, 0.05) is 0 Å². The molecule has 0 spiro atoms. The van der Waals surface area contributed by atoms with Crippen molar-refractivity contribution < 1.29 is 34.8 Å². The third-order valence-corrected chi connectivity index (χ3v) is 11.0. The molecule has 10 heteroatoms. The zero-order valence-corrected chi connectivity index (χ0v) is 22.4. The average Bonchev–Trinajstić information content (AvgIpc) is 3.31. The van der Waals surface area contributed by atoms with Gasteiger partial charge in [-0.15, -0.1) is 0 Å². The Morgan fingerprint density at radius 2 is 1.89 bits per heavy atom. The van der Waals surface area contributed by atoms with Gasteiger partial charge in [0.05, 0.1) is 0 Å². The zero-order chi connectivity index (χ0) is 25.9. The van der Waals surface area contributed by atoms with Crippen molar-refractivity contribution in [2.24, 2.45) is 11.1 Å². The van der Waals surface area contributed by atoms with Crippen LogP contribution >= 0.6 is 0 Å². The fraction of sp³-hybridized carbons (Fsp3) is 0.296. The second-order valence-corrected chi connectivity index (χ2v) is 12.8. The van der Waals surface area contributed by atoms with E-state index < -0.39 is 23.0 Å². The molecule has 7 nitrogen and oxygen atoms in total. The van der Waals surface area contributed by atoms with Gasteiger partial charge in [0.25, 0.3) is 0 Å². The Morgan fingerprint density at radius 1 is 1.14 bits per heavy atom. The van der Waals surface area contributed by atoms with Crippen LogP contribution in [0.2, 0.25) is 0 Å². The van der Waals surface area contributed by atoms with Crippen LogP contribution in [0.4, 0.5) is 8.78 Å². The van der Waals surface area contributed by atoms with E-state index in [1.54, 1.807) is 12.4 Å². The summed E-state index contributed by atoms with van der Waals surface area (Å²) >= 11 is -0.159. The van der Waals surface area contributed by atoms with Gasteiger partial charge in [-0.3, -0.25) is 0 Å². The standard InChI is InChI=1S/C27H24F2IN6O/c1-26(2)17-10-30-14-27(26,22-8-4-7-20(33-22)15-11-32-36(12-15)13-23(31)37)25-16(17)9-21(34-35-25)24-18(28)5-3-6-19(24)29/h3-9,11-12,17H,10,13-14H2,1-2H3,(H2,31,37)/q-1/t17-,27-/m0/s1. The van der Waals surface area contributed by atoms with E-state index in [9.17, 15) is 13.6 Å². The molecule has 4 heterocycles. The van der Waals surface area contributed by atoms with Gasteiger partial charge < -0.3 is 0 Å². The van der Waals surface area contributed by atoms with Crippen molar-refractivity contribution >= 4 is 5.91 Å². The van der Waals surface area contributed by atoms with Crippen LogP contribution in [-0.2, 0) is 16.8 Å². The number of hydrogen-bond donors (Lipinski definition) is 1. The first-order chi connectivity index (χ1) is 17.7. The molecule has 1 aromatic carbocycles. The predicted octanol–water partition coefficient (Wildman–Crippen LogP) is 0.678. The first-order valence-corrected chi connectivity index (χ1v) is 14.9. The molecule has 190 valence electrons. The number of halogens is 3. The second kappa shape index (κ2) is 8.64. The Bertz CT molecular complexity index is 1530. The average molecular weight is 613 g/mol. The minimum absolute atomic E-state index is 0.00330. The molecule has 1 fully saturated rings. The summed E-state index contributed by atoms with van der Waals surface area (Å²) in [5, 5.41) is 13.3. The van der Waals surface area contributed by atoms with E-state index in [0.717, 1.165) is 37.1 Å². The van der Waals surface area contributed by atoms with E-state index in [1.807, 2.05) is 24.3 Å². The summed E-state index contributed by atoms with van der Waals surface area (Å²) in [6, 6.07) is 11.6. The van der Waals surface area contributed by atoms with Crippen LogP contribution in [0.3, 0.4) is 0 Å². The number of pyridine rings is 1. The van der Waals surface area contributed by atoms with Crippen molar-refractivity contribution in [1.29, 1.82) is 0 Å². The molecule has 6 rings (SSSR count). The van der Waals surface area contributed by atoms with E-state index in [-0.39, 0.29) is 50.3 Å². The number of hydrogen-bond acceptors (Lipinski definition) is 5. The molecule has 1 amide bonds. The topological polar surface area (TPSA) is 99.6 Å². The summed E-state index contributed by atoms with van der Waals surface area (Å²) in [6.45, 7) is 4.48. The van der Waals surface area contributed by atoms with Crippen LogP contribution < -0.4 is 26.9 Å². The molecule has 2 aliphatic rings. The Labute approximate surface area is 222 Å². The number of carbonyl (C=O) groups excluding carboxylic acids is 1. The van der Waals surface area contributed by atoms with Crippen molar-refractivity contribution in [1.82, 2.24) is 25.0 Å². The summed E-state index contributed by atoms with van der Waals surface area (Å²) in [5.41, 5.74) is 8.99. The number of benzene rings is 1. The van der Waals surface area contributed by atoms with Crippen molar-refractivity contribution in [3.8, 4) is 22.5 Å². The Balaban J connectivity index is 1.49. The molecule has 0 radical (unpaired) electrons. The third kappa shape index (κ3) is 3.59. The molecule has 3 aromatic heterocycles. The zero-order valence-electron chi connectivity index (χ0n) is 20.3. The van der Waals surface area contributed by atoms with Crippen LogP contribution in [-0.4, -0.2) is 39.7 Å². The molecule has 0 unspecified atom stereocenters. The Morgan fingerprint density at radius 3 is 2.65 bits per heavy atom. The van der Waals surface area contributed by atoms with Gasteiger partial charge in [0.15, 0.2) is 0 Å². The molecule has 4 aromatic rings. The number of aromatic nitrogens is 5. The van der Waals surface area contributed by atoms with Gasteiger partial charge in [0.2, 0.25) is 0 Å². The monoisotopic (exact) mass is 613 g/mol. The molecule has 2 atom stereocenters. The van der Waals surface area contributed by atoms with Crippen LogP contribution in [0, 0.1) is 17.0 Å². The number of rotatable bonds is 5. The molecule has 1 aliphatic carbocycles. The minimum atomic E-state index is -0.650. The van der Waals surface area contributed by atoms with E-state index in [2.05, 4.69) is 29.1 Å². The maximum absolute atomic E-state index is 14.6. The Kier molecular flexibility index (Phi) is 5.62. The van der Waals surface area contributed by atoms with Gasteiger partial charge >= 0.3 is 223 Å². The van der Waals surface area contributed by atoms with Gasteiger partial charge in [-0.05, 0) is 0 Å². The third-order valence-electron chi connectivity index (χ3n) is 7.78. The first-order valence-electron chi connectivity index (χ1n) is 11.9. The summed E-state index contributed by atoms with van der Waals surface area (Å²) in [6.07, 6.45) is 3.43. The first kappa shape index (κ1) is 24.1. The number of alkyl halides is 2.